The summed E-state index contributed by atoms with van der Waals surface area (Å²) in [5.74, 6) is -1.54. The average molecular weight is 337 g/mol. The Morgan fingerprint density at radius 2 is 1.61 bits per heavy atom. The second-order valence-electron chi connectivity index (χ2n) is 5.12. The Morgan fingerprint density at radius 1 is 0.957 bits per heavy atom. The van der Waals surface area contributed by atoms with Gasteiger partial charge in [-0.15, -0.1) is 0 Å². The summed E-state index contributed by atoms with van der Waals surface area (Å²) in [4.78, 5) is 4.27. The number of rotatable bonds is 2. The number of imidazole rings is 1. The molecule has 23 heavy (non-hydrogen) atoms. The molecule has 2 aromatic carbocycles. The first-order valence-corrected chi connectivity index (χ1v) is 7.23. The Labute approximate surface area is 136 Å². The van der Waals surface area contributed by atoms with E-state index in [1.807, 2.05) is 0 Å². The fourth-order valence-corrected chi connectivity index (χ4v) is 2.74. The van der Waals surface area contributed by atoms with E-state index in [-0.39, 0.29) is 16.3 Å². The zero-order valence-corrected chi connectivity index (χ0v) is 13.1. The van der Waals surface area contributed by atoms with Crippen LogP contribution in [0.1, 0.15) is 11.5 Å². The van der Waals surface area contributed by atoms with Gasteiger partial charge in [0, 0.05) is 0 Å². The topological polar surface area (TPSA) is 17.8 Å². The van der Waals surface area contributed by atoms with Gasteiger partial charge in [0.05, 0.1) is 27.7 Å². The van der Waals surface area contributed by atoms with Crippen molar-refractivity contribution in [2.75, 3.05) is 0 Å². The highest BCUT2D eigenvalue weighted by molar-refractivity contribution is 6.30. The largest absolute Gasteiger partial charge is 0.296 e. The lowest BCUT2D eigenvalue weighted by Gasteiger charge is -2.13. The summed E-state index contributed by atoms with van der Waals surface area (Å²) in [6, 6.07) is 7.81. The molecular formula is C17H12ClF3N2. The lowest BCUT2D eigenvalue weighted by Crippen LogP contribution is -2.03. The molecule has 0 spiro atoms. The smallest absolute Gasteiger partial charge is 0.143 e. The standard InChI is InChI=1S/C17H12ClF3N2/c1-9-17(16-13(19)4-3-5-14(16)20)23(10(2)22-9)11-6-7-12(18)15(21)8-11/h3-8H,1-2H3. The molecule has 0 saturated carbocycles. The summed E-state index contributed by atoms with van der Waals surface area (Å²) in [6.07, 6.45) is 0. The van der Waals surface area contributed by atoms with Crippen LogP contribution in [0.15, 0.2) is 36.4 Å². The van der Waals surface area contributed by atoms with Crippen molar-refractivity contribution in [2.45, 2.75) is 13.8 Å². The minimum absolute atomic E-state index is 0.0261. The molecule has 118 valence electrons. The summed E-state index contributed by atoms with van der Waals surface area (Å²) in [5.41, 5.74) is 0.894. The maximum Gasteiger partial charge on any atom is 0.143 e. The molecule has 0 amide bonds. The van der Waals surface area contributed by atoms with E-state index in [4.69, 9.17) is 11.6 Å². The van der Waals surface area contributed by atoms with Crippen molar-refractivity contribution in [2.24, 2.45) is 0 Å². The van der Waals surface area contributed by atoms with Crippen molar-refractivity contribution in [3.63, 3.8) is 0 Å². The first-order chi connectivity index (χ1) is 10.9. The van der Waals surface area contributed by atoms with Crippen molar-refractivity contribution in [3.05, 3.63) is 70.4 Å². The molecular weight excluding hydrogens is 325 g/mol. The SMILES string of the molecule is Cc1nc(C)n(-c2ccc(Cl)c(F)c2)c1-c1c(F)cccc1F. The van der Waals surface area contributed by atoms with Gasteiger partial charge < -0.3 is 0 Å². The molecule has 0 unspecified atom stereocenters. The number of hydrogen-bond donors (Lipinski definition) is 0. The molecule has 1 heterocycles. The normalized spacial score (nSPS) is 11.0. The van der Waals surface area contributed by atoms with E-state index in [1.54, 1.807) is 19.9 Å². The minimum Gasteiger partial charge on any atom is -0.296 e. The summed E-state index contributed by atoms with van der Waals surface area (Å²) < 4.78 is 43.7. The number of halogens is 4. The lowest BCUT2D eigenvalue weighted by atomic mass is 10.1. The number of aromatic nitrogens is 2. The fourth-order valence-electron chi connectivity index (χ4n) is 2.63. The number of hydrogen-bond acceptors (Lipinski definition) is 1. The van der Waals surface area contributed by atoms with E-state index in [0.29, 0.717) is 17.2 Å². The second kappa shape index (κ2) is 5.74. The van der Waals surface area contributed by atoms with E-state index < -0.39 is 17.5 Å². The Kier molecular flexibility index (Phi) is 3.90. The van der Waals surface area contributed by atoms with E-state index in [9.17, 15) is 13.2 Å². The van der Waals surface area contributed by atoms with Crippen LogP contribution in [0.4, 0.5) is 13.2 Å². The molecule has 0 aliphatic carbocycles. The number of benzene rings is 2. The molecule has 0 fully saturated rings. The monoisotopic (exact) mass is 336 g/mol. The third-order valence-corrected chi connectivity index (χ3v) is 3.89. The Bertz CT molecular complexity index is 883. The molecule has 0 bridgehead atoms. The summed E-state index contributed by atoms with van der Waals surface area (Å²) >= 11 is 5.70. The number of aryl methyl sites for hydroxylation is 2. The predicted molar refractivity (Wildman–Crippen MR) is 83.4 cm³/mol. The average Bonchev–Trinajstić information content (AvgIpc) is 2.77. The van der Waals surface area contributed by atoms with Gasteiger partial charge in [-0.05, 0) is 44.2 Å². The maximum absolute atomic E-state index is 14.2. The first-order valence-electron chi connectivity index (χ1n) is 6.86. The zero-order valence-electron chi connectivity index (χ0n) is 12.4. The quantitative estimate of drug-likeness (QED) is 0.627. The molecule has 0 aliphatic rings. The van der Waals surface area contributed by atoms with Gasteiger partial charge in [-0.2, -0.15) is 0 Å². The van der Waals surface area contributed by atoms with Gasteiger partial charge in [0.1, 0.15) is 23.3 Å². The Balaban J connectivity index is 2.33. The molecule has 0 radical (unpaired) electrons. The van der Waals surface area contributed by atoms with E-state index >= 15 is 0 Å². The van der Waals surface area contributed by atoms with E-state index in [0.717, 1.165) is 0 Å². The minimum atomic E-state index is -0.705. The van der Waals surface area contributed by atoms with Gasteiger partial charge in [0.2, 0.25) is 0 Å². The highest BCUT2D eigenvalue weighted by Gasteiger charge is 2.21. The van der Waals surface area contributed by atoms with Crippen molar-refractivity contribution in [1.82, 2.24) is 9.55 Å². The van der Waals surface area contributed by atoms with Crippen LogP contribution < -0.4 is 0 Å². The van der Waals surface area contributed by atoms with Gasteiger partial charge >= 0.3 is 0 Å². The highest BCUT2D eigenvalue weighted by atomic mass is 35.5. The lowest BCUT2D eigenvalue weighted by molar-refractivity contribution is 0.587. The molecule has 0 N–H and O–H groups in total. The van der Waals surface area contributed by atoms with E-state index in [2.05, 4.69) is 4.98 Å². The second-order valence-corrected chi connectivity index (χ2v) is 5.53. The van der Waals surface area contributed by atoms with Crippen LogP contribution in [0.5, 0.6) is 0 Å². The molecule has 6 heteroatoms. The van der Waals surface area contributed by atoms with Crippen molar-refractivity contribution >= 4 is 11.6 Å². The van der Waals surface area contributed by atoms with Crippen molar-refractivity contribution in [3.8, 4) is 16.9 Å². The van der Waals surface area contributed by atoms with Crippen LogP contribution in [0.2, 0.25) is 5.02 Å². The van der Waals surface area contributed by atoms with Crippen LogP contribution in [-0.4, -0.2) is 9.55 Å². The van der Waals surface area contributed by atoms with Crippen LogP contribution >= 0.6 is 11.6 Å². The predicted octanol–water partition coefficient (Wildman–Crippen LogP) is 5.23. The third-order valence-electron chi connectivity index (χ3n) is 3.58. The highest BCUT2D eigenvalue weighted by Crippen LogP contribution is 2.32. The molecule has 3 aromatic rings. The van der Waals surface area contributed by atoms with Crippen LogP contribution in [-0.2, 0) is 0 Å². The van der Waals surface area contributed by atoms with Crippen molar-refractivity contribution < 1.29 is 13.2 Å². The fraction of sp³-hybridized carbons (Fsp3) is 0.118. The van der Waals surface area contributed by atoms with Gasteiger partial charge in [-0.1, -0.05) is 17.7 Å². The first kappa shape index (κ1) is 15.6. The molecule has 0 aliphatic heterocycles. The third kappa shape index (κ3) is 2.61. The molecule has 2 nitrogen and oxygen atoms in total. The van der Waals surface area contributed by atoms with Crippen LogP contribution in [0, 0.1) is 31.3 Å². The van der Waals surface area contributed by atoms with E-state index in [1.165, 1.54) is 34.9 Å². The van der Waals surface area contributed by atoms with Gasteiger partial charge in [0.15, 0.2) is 0 Å². The number of nitrogens with zero attached hydrogens (tertiary/aromatic N) is 2. The molecule has 1 aromatic heterocycles. The zero-order chi connectivity index (χ0) is 16.7. The molecule has 0 saturated heterocycles. The summed E-state index contributed by atoms with van der Waals surface area (Å²) in [6.45, 7) is 3.33. The van der Waals surface area contributed by atoms with Crippen LogP contribution in [0.25, 0.3) is 16.9 Å². The maximum atomic E-state index is 14.2. The van der Waals surface area contributed by atoms with Crippen LogP contribution in [0.3, 0.4) is 0 Å². The Hall–Kier alpha value is -2.27. The Morgan fingerprint density at radius 3 is 2.22 bits per heavy atom. The van der Waals surface area contributed by atoms with Gasteiger partial charge in [0.25, 0.3) is 0 Å². The van der Waals surface area contributed by atoms with Gasteiger partial charge in [-0.3, -0.25) is 4.57 Å². The van der Waals surface area contributed by atoms with Gasteiger partial charge in [-0.25, -0.2) is 18.2 Å². The molecule has 0 atom stereocenters. The summed E-state index contributed by atoms with van der Waals surface area (Å²) in [7, 11) is 0. The van der Waals surface area contributed by atoms with Crippen molar-refractivity contribution in [1.29, 1.82) is 0 Å². The summed E-state index contributed by atoms with van der Waals surface area (Å²) in [5, 5.41) is -0.0261. The molecule has 3 rings (SSSR count).